The molecule has 0 amide bonds. The van der Waals surface area contributed by atoms with E-state index in [-0.39, 0.29) is 33.6 Å². The van der Waals surface area contributed by atoms with E-state index in [0.717, 1.165) is 0 Å². The van der Waals surface area contributed by atoms with Gasteiger partial charge in [-0.1, -0.05) is 0 Å². The van der Waals surface area contributed by atoms with Gasteiger partial charge in [-0.05, 0) is 83.1 Å². The summed E-state index contributed by atoms with van der Waals surface area (Å²) in [6.07, 6.45) is 0. The van der Waals surface area contributed by atoms with Gasteiger partial charge in [0.05, 0.1) is 21.7 Å². The summed E-state index contributed by atoms with van der Waals surface area (Å²) in [5, 5.41) is 33.0. The molecule has 30 heavy (non-hydrogen) atoms. The Morgan fingerprint density at radius 2 is 0.400 bits per heavy atom. The molecule has 186 valence electrons. The maximum absolute atomic E-state index is 10.0. The van der Waals surface area contributed by atoms with E-state index in [0.29, 0.717) is 0 Å². The third-order valence-corrected chi connectivity index (χ3v) is 2.57. The third kappa shape index (κ3) is 34.4. The first-order valence-electron chi connectivity index (χ1n) is 8.71. The number of carboxylic acid groups (broad SMARTS) is 4. The Morgan fingerprint density at radius 3 is 0.400 bits per heavy atom. The van der Waals surface area contributed by atoms with Crippen molar-refractivity contribution in [3.8, 4) is 0 Å². The second-order valence-electron chi connectivity index (χ2n) is 10.2. The molecule has 0 aromatic rings. The average molecular weight is 526 g/mol. The largest absolute Gasteiger partial charge is 0.481 e. The van der Waals surface area contributed by atoms with Gasteiger partial charge in [0.1, 0.15) is 0 Å². The number of carbonyl (C=O) groups is 4. The minimum absolute atomic E-state index is 0. The molecule has 0 fully saturated rings. The van der Waals surface area contributed by atoms with E-state index in [1.807, 2.05) is 0 Å². The van der Waals surface area contributed by atoms with Crippen LogP contribution in [0.25, 0.3) is 0 Å². The van der Waals surface area contributed by atoms with Crippen LogP contribution in [0.1, 0.15) is 83.1 Å². The second-order valence-corrected chi connectivity index (χ2v) is 10.2. The first kappa shape index (κ1) is 42.9. The molecule has 0 saturated carbocycles. The van der Waals surface area contributed by atoms with Crippen LogP contribution < -0.4 is 0 Å². The van der Waals surface area contributed by atoms with Gasteiger partial charge in [-0.2, -0.15) is 0 Å². The number of aliphatic carboxylic acids is 4. The van der Waals surface area contributed by atoms with Crippen LogP contribution in [0, 0.1) is 21.7 Å². The van der Waals surface area contributed by atoms with Crippen LogP contribution in [0.3, 0.4) is 0 Å². The van der Waals surface area contributed by atoms with Crippen molar-refractivity contribution in [3.63, 3.8) is 0 Å². The van der Waals surface area contributed by atoms with Gasteiger partial charge in [0.25, 0.3) is 0 Å². The summed E-state index contributed by atoms with van der Waals surface area (Å²) >= 11 is 0. The van der Waals surface area contributed by atoms with E-state index in [2.05, 4.69) is 0 Å². The van der Waals surface area contributed by atoms with Gasteiger partial charge in [0.2, 0.25) is 0 Å². The fraction of sp³-hybridized carbons (Fsp3) is 0.800. The molecule has 8 nitrogen and oxygen atoms in total. The van der Waals surface area contributed by atoms with E-state index in [1.54, 1.807) is 83.1 Å². The first-order chi connectivity index (χ1) is 11.8. The molecule has 0 aromatic carbocycles. The topological polar surface area (TPSA) is 149 Å². The summed E-state index contributed by atoms with van der Waals surface area (Å²) in [6.45, 7) is 19.9. The van der Waals surface area contributed by atoms with E-state index in [1.165, 1.54) is 0 Å². The zero-order chi connectivity index (χ0) is 24.3. The predicted octanol–water partition coefficient (Wildman–Crippen LogP) is 4.46. The van der Waals surface area contributed by atoms with Gasteiger partial charge in [-0.3, -0.25) is 19.2 Å². The normalized spacial score (nSPS) is 10.5. The summed E-state index contributed by atoms with van der Waals surface area (Å²) in [6, 6.07) is 0. The first-order valence-corrected chi connectivity index (χ1v) is 8.71. The Labute approximate surface area is 201 Å². The van der Waals surface area contributed by atoms with Crippen LogP contribution in [0.2, 0.25) is 0 Å². The van der Waals surface area contributed by atoms with E-state index < -0.39 is 45.5 Å². The summed E-state index contributed by atoms with van der Waals surface area (Å²) < 4.78 is 0. The van der Waals surface area contributed by atoms with Gasteiger partial charge >= 0.3 is 23.9 Å². The van der Waals surface area contributed by atoms with Gasteiger partial charge in [0, 0.05) is 33.6 Å². The van der Waals surface area contributed by atoms with Crippen molar-refractivity contribution in [2.24, 2.45) is 21.7 Å². The van der Waals surface area contributed by atoms with Crippen LogP contribution >= 0.6 is 0 Å². The fourth-order valence-electron chi connectivity index (χ4n) is 0. The molecule has 0 aliphatic rings. The molecule has 10 heteroatoms. The van der Waals surface area contributed by atoms with Gasteiger partial charge in [-0.25, -0.2) is 0 Å². The number of hydrogen-bond donors (Lipinski definition) is 4. The molecule has 0 bridgehead atoms. The summed E-state index contributed by atoms with van der Waals surface area (Å²) in [5.74, 6) is -3.03. The van der Waals surface area contributed by atoms with Crippen LogP contribution in [0.4, 0.5) is 0 Å². The minimum atomic E-state index is -0.757. The summed E-state index contributed by atoms with van der Waals surface area (Å²) in [5.41, 5.74) is -2.33. The van der Waals surface area contributed by atoms with Crippen LogP contribution in [-0.2, 0) is 52.7 Å². The standard InChI is InChI=1S/4C5H10O2.2Co/c4*1-5(2,3)4(6)7;;/h4*1-3H3,(H,6,7);;. The average Bonchev–Trinajstić information content (AvgIpc) is 2.35. The number of rotatable bonds is 0. The molecule has 0 aromatic heterocycles. The Bertz CT molecular complexity index is 421. The van der Waals surface area contributed by atoms with Crippen molar-refractivity contribution < 1.29 is 73.2 Å². The molecule has 0 aliphatic carbocycles. The molecule has 0 unspecified atom stereocenters. The predicted molar refractivity (Wildman–Crippen MR) is 108 cm³/mol. The summed E-state index contributed by atoms with van der Waals surface area (Å²) in [4.78, 5) is 40.1. The molecule has 4 N–H and O–H groups in total. The zero-order valence-corrected chi connectivity index (χ0v) is 22.2. The molecule has 0 aliphatic heterocycles. The monoisotopic (exact) mass is 526 g/mol. The van der Waals surface area contributed by atoms with Crippen LogP contribution in [0.15, 0.2) is 0 Å². The van der Waals surface area contributed by atoms with Crippen molar-refractivity contribution >= 4 is 23.9 Å². The van der Waals surface area contributed by atoms with Crippen molar-refractivity contribution in [2.75, 3.05) is 0 Å². The SMILES string of the molecule is CC(C)(C)C(=O)O.CC(C)(C)C(=O)O.CC(C)(C)C(=O)O.CC(C)(C)C(=O)O.[Co].[Co]. The van der Waals surface area contributed by atoms with Crippen molar-refractivity contribution in [3.05, 3.63) is 0 Å². The molecule has 2 radical (unpaired) electrons. The van der Waals surface area contributed by atoms with E-state index >= 15 is 0 Å². The van der Waals surface area contributed by atoms with Crippen LogP contribution in [0.5, 0.6) is 0 Å². The van der Waals surface area contributed by atoms with Crippen molar-refractivity contribution in [1.29, 1.82) is 0 Å². The Balaban J connectivity index is -0.0000000626. The Hall–Kier alpha value is -1.11. The van der Waals surface area contributed by atoms with Gasteiger partial charge in [0.15, 0.2) is 0 Å². The maximum atomic E-state index is 10.0. The van der Waals surface area contributed by atoms with Gasteiger partial charge in [-0.15, -0.1) is 0 Å². The molecular formula is C20H40Co2O8. The van der Waals surface area contributed by atoms with E-state index in [4.69, 9.17) is 20.4 Å². The second kappa shape index (κ2) is 16.6. The van der Waals surface area contributed by atoms with E-state index in [9.17, 15) is 19.2 Å². The molecular weight excluding hydrogens is 486 g/mol. The summed E-state index contributed by atoms with van der Waals surface area (Å²) in [7, 11) is 0. The molecule has 0 rings (SSSR count). The molecule has 0 saturated heterocycles. The number of hydrogen-bond acceptors (Lipinski definition) is 4. The van der Waals surface area contributed by atoms with Crippen LogP contribution in [-0.4, -0.2) is 44.3 Å². The molecule has 0 atom stereocenters. The Kier molecular flexibility index (Phi) is 23.7. The fourth-order valence-corrected chi connectivity index (χ4v) is 0. The third-order valence-electron chi connectivity index (χ3n) is 2.57. The Morgan fingerprint density at radius 1 is 0.367 bits per heavy atom. The number of carboxylic acids is 4. The molecule has 0 spiro atoms. The van der Waals surface area contributed by atoms with Crippen molar-refractivity contribution in [2.45, 2.75) is 83.1 Å². The van der Waals surface area contributed by atoms with Gasteiger partial charge < -0.3 is 20.4 Å². The minimum Gasteiger partial charge on any atom is -0.481 e. The zero-order valence-electron chi connectivity index (χ0n) is 20.1. The molecule has 0 heterocycles. The van der Waals surface area contributed by atoms with Crippen molar-refractivity contribution in [1.82, 2.24) is 0 Å². The maximum Gasteiger partial charge on any atom is 0.308 e. The smallest absolute Gasteiger partial charge is 0.308 e. The quantitative estimate of drug-likeness (QED) is 0.361.